The molecule has 1 aliphatic heterocycles. The monoisotopic (exact) mass is 359 g/mol. The van der Waals surface area contributed by atoms with E-state index < -0.39 is 0 Å². The van der Waals surface area contributed by atoms with Crippen molar-refractivity contribution in [1.29, 1.82) is 0 Å². The molecule has 0 fully saturated rings. The highest BCUT2D eigenvalue weighted by Gasteiger charge is 2.20. The molecule has 1 aromatic carbocycles. The highest BCUT2D eigenvalue weighted by atomic mass is 16.5. The molecule has 142 valence electrons. The zero-order valence-corrected chi connectivity index (χ0v) is 16.0. The van der Waals surface area contributed by atoms with Crippen molar-refractivity contribution in [3.63, 3.8) is 0 Å². The first-order valence-corrected chi connectivity index (χ1v) is 9.58. The van der Waals surface area contributed by atoms with E-state index in [1.807, 2.05) is 39.2 Å². The summed E-state index contributed by atoms with van der Waals surface area (Å²) in [5.41, 5.74) is 2.14. The molecule has 0 aliphatic carbocycles. The summed E-state index contributed by atoms with van der Waals surface area (Å²) in [6.07, 6.45) is 3.92. The second kappa shape index (κ2) is 8.83. The number of hydrogen-bond donors (Lipinski definition) is 1. The normalized spacial score (nSPS) is 13.6. The van der Waals surface area contributed by atoms with Crippen molar-refractivity contribution in [2.75, 3.05) is 39.5 Å². The minimum Gasteiger partial charge on any atom is -0.491 e. The van der Waals surface area contributed by atoms with Gasteiger partial charge in [0.25, 0.3) is 0 Å². The summed E-state index contributed by atoms with van der Waals surface area (Å²) < 4.78 is 17.7. The maximum Gasteiger partial charge on any atom is 0.174 e. The van der Waals surface area contributed by atoms with Gasteiger partial charge in [0, 0.05) is 13.1 Å². The van der Waals surface area contributed by atoms with E-state index in [9.17, 15) is 0 Å². The second-order valence-electron chi connectivity index (χ2n) is 6.21. The molecule has 1 aromatic heterocycles. The molecule has 2 heterocycles. The van der Waals surface area contributed by atoms with Crippen molar-refractivity contribution >= 4 is 17.2 Å². The van der Waals surface area contributed by atoms with Gasteiger partial charge in [-0.2, -0.15) is 0 Å². The smallest absolute Gasteiger partial charge is 0.174 e. The van der Waals surface area contributed by atoms with E-state index >= 15 is 0 Å². The maximum atomic E-state index is 6.03. The molecule has 6 nitrogen and oxygen atoms in total. The van der Waals surface area contributed by atoms with Crippen LogP contribution in [0.15, 0.2) is 17.1 Å². The standard InChI is InChI=1S/C20H29N3O3/c1-4-24-17-10-9-15-18(20(17)26-6-3)19(25-5-2)16(22-15)8-7-12-23-13-11-21-14-23/h9-10,14,22H,4-8,11-13H2,1-3H3. The zero-order chi connectivity index (χ0) is 18.4. The first-order valence-electron chi connectivity index (χ1n) is 9.58. The average molecular weight is 359 g/mol. The third-order valence-electron chi connectivity index (χ3n) is 4.42. The Bertz CT molecular complexity index is 754. The molecule has 0 saturated heterocycles. The van der Waals surface area contributed by atoms with E-state index in [0.717, 1.165) is 66.3 Å². The number of aromatic nitrogens is 1. The van der Waals surface area contributed by atoms with E-state index in [-0.39, 0.29) is 0 Å². The van der Waals surface area contributed by atoms with Crippen LogP contribution >= 0.6 is 0 Å². The van der Waals surface area contributed by atoms with E-state index in [2.05, 4.69) is 14.9 Å². The number of aromatic amines is 1. The fourth-order valence-electron chi connectivity index (χ4n) is 3.35. The first-order chi connectivity index (χ1) is 12.8. The van der Waals surface area contributed by atoms with Gasteiger partial charge in [-0.25, -0.2) is 0 Å². The molecule has 26 heavy (non-hydrogen) atoms. The van der Waals surface area contributed by atoms with Gasteiger partial charge in [-0.3, -0.25) is 4.99 Å². The molecule has 1 aliphatic rings. The number of H-pyrrole nitrogens is 1. The van der Waals surface area contributed by atoms with Gasteiger partial charge >= 0.3 is 0 Å². The zero-order valence-electron chi connectivity index (χ0n) is 16.0. The van der Waals surface area contributed by atoms with Gasteiger partial charge in [0.05, 0.1) is 49.3 Å². The highest BCUT2D eigenvalue weighted by molar-refractivity contribution is 5.95. The Kier molecular flexibility index (Phi) is 6.26. The number of aryl methyl sites for hydroxylation is 1. The van der Waals surface area contributed by atoms with Crippen molar-refractivity contribution in [2.24, 2.45) is 4.99 Å². The van der Waals surface area contributed by atoms with Crippen LogP contribution in [0.1, 0.15) is 32.9 Å². The van der Waals surface area contributed by atoms with Crippen LogP contribution in [0.25, 0.3) is 10.9 Å². The van der Waals surface area contributed by atoms with Crippen molar-refractivity contribution in [1.82, 2.24) is 9.88 Å². The SMILES string of the molecule is CCOc1ccc2[nH]c(CCCN3C=NCC3)c(OCC)c2c1OCC. The van der Waals surface area contributed by atoms with Crippen LogP contribution in [0.4, 0.5) is 0 Å². The quantitative estimate of drug-likeness (QED) is 0.704. The number of rotatable bonds is 10. The second-order valence-corrected chi connectivity index (χ2v) is 6.21. The maximum absolute atomic E-state index is 6.03. The minimum atomic E-state index is 0.583. The van der Waals surface area contributed by atoms with Crippen molar-refractivity contribution < 1.29 is 14.2 Å². The van der Waals surface area contributed by atoms with E-state index in [0.29, 0.717) is 19.8 Å². The lowest BCUT2D eigenvalue weighted by Crippen LogP contribution is -2.21. The summed E-state index contributed by atoms with van der Waals surface area (Å²) in [5.74, 6) is 2.42. The number of nitrogens with zero attached hydrogens (tertiary/aromatic N) is 2. The summed E-state index contributed by atoms with van der Waals surface area (Å²) >= 11 is 0. The molecule has 0 amide bonds. The van der Waals surface area contributed by atoms with E-state index in [1.54, 1.807) is 0 Å². The molecular formula is C20H29N3O3. The lowest BCUT2D eigenvalue weighted by molar-refractivity contribution is 0.289. The van der Waals surface area contributed by atoms with Gasteiger partial charge < -0.3 is 24.1 Å². The summed E-state index contributed by atoms with van der Waals surface area (Å²) in [6, 6.07) is 4.01. The fourth-order valence-corrected chi connectivity index (χ4v) is 3.35. The van der Waals surface area contributed by atoms with Crippen LogP contribution in [-0.2, 0) is 6.42 Å². The Labute approximate surface area is 155 Å². The fraction of sp³-hybridized carbons (Fsp3) is 0.550. The third-order valence-corrected chi connectivity index (χ3v) is 4.42. The van der Waals surface area contributed by atoms with Crippen molar-refractivity contribution in [3.05, 3.63) is 17.8 Å². The Hall–Kier alpha value is -2.37. The molecule has 2 aromatic rings. The predicted octanol–water partition coefficient (Wildman–Crippen LogP) is 3.64. The van der Waals surface area contributed by atoms with Gasteiger partial charge in [-0.05, 0) is 45.7 Å². The number of nitrogens with one attached hydrogen (secondary N) is 1. The van der Waals surface area contributed by atoms with Crippen LogP contribution in [0.3, 0.4) is 0 Å². The van der Waals surface area contributed by atoms with Crippen molar-refractivity contribution in [2.45, 2.75) is 33.6 Å². The molecule has 0 radical (unpaired) electrons. The number of hydrogen-bond acceptors (Lipinski definition) is 5. The molecular weight excluding hydrogens is 330 g/mol. The minimum absolute atomic E-state index is 0.583. The van der Waals surface area contributed by atoms with Gasteiger partial charge in [0.2, 0.25) is 0 Å². The molecule has 0 spiro atoms. The van der Waals surface area contributed by atoms with Gasteiger partial charge in [0.15, 0.2) is 17.2 Å². The summed E-state index contributed by atoms with van der Waals surface area (Å²) in [7, 11) is 0. The lowest BCUT2D eigenvalue weighted by atomic mass is 10.1. The van der Waals surface area contributed by atoms with Crippen LogP contribution in [-0.4, -0.2) is 55.7 Å². The predicted molar refractivity (Wildman–Crippen MR) is 105 cm³/mol. The Morgan fingerprint density at radius 2 is 1.81 bits per heavy atom. The van der Waals surface area contributed by atoms with Crippen LogP contribution in [0.5, 0.6) is 17.2 Å². The topological polar surface area (TPSA) is 59.1 Å². The highest BCUT2D eigenvalue weighted by Crippen LogP contribution is 2.43. The molecule has 0 atom stereocenters. The molecule has 1 N–H and O–H groups in total. The third kappa shape index (κ3) is 3.89. The van der Waals surface area contributed by atoms with Gasteiger partial charge in [0.1, 0.15) is 0 Å². The largest absolute Gasteiger partial charge is 0.491 e. The van der Waals surface area contributed by atoms with Gasteiger partial charge in [-0.1, -0.05) is 0 Å². The first kappa shape index (κ1) is 18.4. The number of fused-ring (bicyclic) bond motifs is 1. The number of aliphatic imine (C=N–C) groups is 1. The van der Waals surface area contributed by atoms with Crippen LogP contribution < -0.4 is 14.2 Å². The number of benzene rings is 1. The molecule has 0 saturated carbocycles. The Morgan fingerprint density at radius 1 is 1.04 bits per heavy atom. The van der Waals surface area contributed by atoms with E-state index in [1.165, 1.54) is 0 Å². The summed E-state index contributed by atoms with van der Waals surface area (Å²) in [5, 5.41) is 0.984. The molecule has 3 rings (SSSR count). The molecule has 0 bridgehead atoms. The van der Waals surface area contributed by atoms with E-state index in [4.69, 9.17) is 14.2 Å². The van der Waals surface area contributed by atoms with Crippen LogP contribution in [0, 0.1) is 0 Å². The van der Waals surface area contributed by atoms with Crippen molar-refractivity contribution in [3.8, 4) is 17.2 Å². The van der Waals surface area contributed by atoms with Crippen LogP contribution in [0.2, 0.25) is 0 Å². The average Bonchev–Trinajstić information content (AvgIpc) is 3.26. The molecule has 0 unspecified atom stereocenters. The lowest BCUT2D eigenvalue weighted by Gasteiger charge is -2.14. The Balaban J connectivity index is 1.90. The number of ether oxygens (including phenoxy) is 3. The summed E-state index contributed by atoms with van der Waals surface area (Å²) in [6.45, 7) is 10.7. The molecule has 6 heteroatoms. The Morgan fingerprint density at radius 3 is 2.50 bits per heavy atom. The summed E-state index contributed by atoms with van der Waals surface area (Å²) in [4.78, 5) is 10.1. The van der Waals surface area contributed by atoms with Gasteiger partial charge in [-0.15, -0.1) is 0 Å².